The van der Waals surface area contributed by atoms with E-state index in [4.69, 9.17) is 17.3 Å². The van der Waals surface area contributed by atoms with Gasteiger partial charge < -0.3 is 10.6 Å². The molecule has 1 heterocycles. The topological polar surface area (TPSA) is 42.1 Å². The summed E-state index contributed by atoms with van der Waals surface area (Å²) in [4.78, 5) is 6.13. The van der Waals surface area contributed by atoms with Gasteiger partial charge in [0.2, 0.25) is 0 Å². The molecule has 0 spiro atoms. The third-order valence-corrected chi connectivity index (χ3v) is 3.38. The molecule has 1 unspecified atom stereocenters. The highest BCUT2D eigenvalue weighted by atomic mass is 35.5. The zero-order valence-corrected chi connectivity index (χ0v) is 11.9. The van der Waals surface area contributed by atoms with Crippen molar-refractivity contribution in [2.45, 2.75) is 19.5 Å². The largest absolute Gasteiger partial charge is 0.369 e. The third-order valence-electron chi connectivity index (χ3n) is 3.08. The highest BCUT2D eigenvalue weighted by Crippen LogP contribution is 2.28. The van der Waals surface area contributed by atoms with Gasteiger partial charge in [-0.05, 0) is 42.3 Å². The predicted octanol–water partition coefficient (Wildman–Crippen LogP) is 3.39. The Bertz CT molecular complexity index is 540. The molecule has 0 bridgehead atoms. The molecule has 0 saturated carbocycles. The Hall–Kier alpha value is -1.58. The van der Waals surface area contributed by atoms with E-state index in [1.54, 1.807) is 12.4 Å². The van der Waals surface area contributed by atoms with Crippen LogP contribution in [0.2, 0.25) is 5.02 Å². The minimum Gasteiger partial charge on any atom is -0.369 e. The summed E-state index contributed by atoms with van der Waals surface area (Å²) in [5, 5.41) is 0.728. The second-order valence-corrected chi connectivity index (χ2v) is 5.12. The van der Waals surface area contributed by atoms with Gasteiger partial charge in [0.25, 0.3) is 0 Å². The number of pyridine rings is 1. The van der Waals surface area contributed by atoms with Crippen LogP contribution >= 0.6 is 11.6 Å². The summed E-state index contributed by atoms with van der Waals surface area (Å²) in [6.45, 7) is 2.74. The lowest BCUT2D eigenvalue weighted by Gasteiger charge is -2.21. The molecule has 2 N–H and O–H groups in total. The van der Waals surface area contributed by atoms with Crippen LogP contribution < -0.4 is 10.6 Å². The normalized spacial score (nSPS) is 12.2. The highest BCUT2D eigenvalue weighted by molar-refractivity contribution is 6.33. The summed E-state index contributed by atoms with van der Waals surface area (Å²) in [5.41, 5.74) is 9.10. The predicted molar refractivity (Wildman–Crippen MR) is 80.4 cm³/mol. The summed E-state index contributed by atoms with van der Waals surface area (Å²) in [5.74, 6) is 0. The summed E-state index contributed by atoms with van der Waals surface area (Å²) in [6, 6.07) is 9.97. The Labute approximate surface area is 119 Å². The van der Waals surface area contributed by atoms with Crippen molar-refractivity contribution < 1.29 is 0 Å². The van der Waals surface area contributed by atoms with E-state index in [2.05, 4.69) is 9.88 Å². The van der Waals surface area contributed by atoms with Gasteiger partial charge >= 0.3 is 0 Å². The van der Waals surface area contributed by atoms with Gasteiger partial charge in [-0.15, -0.1) is 0 Å². The van der Waals surface area contributed by atoms with E-state index in [0.29, 0.717) is 0 Å². The van der Waals surface area contributed by atoms with Gasteiger partial charge in [-0.25, -0.2) is 0 Å². The van der Waals surface area contributed by atoms with Gasteiger partial charge in [-0.2, -0.15) is 0 Å². The van der Waals surface area contributed by atoms with Crippen LogP contribution in [0.3, 0.4) is 0 Å². The fraction of sp³-hybridized carbons (Fsp3) is 0.267. The van der Waals surface area contributed by atoms with Crippen molar-refractivity contribution in [3.8, 4) is 0 Å². The average molecular weight is 276 g/mol. The molecule has 2 aromatic rings. The molecule has 0 saturated heterocycles. The number of hydrogen-bond acceptors (Lipinski definition) is 3. The second kappa shape index (κ2) is 6.04. The van der Waals surface area contributed by atoms with Crippen molar-refractivity contribution in [3.05, 3.63) is 58.9 Å². The van der Waals surface area contributed by atoms with E-state index in [1.165, 1.54) is 5.56 Å². The molecule has 0 aliphatic carbocycles. The summed E-state index contributed by atoms with van der Waals surface area (Å²) >= 11 is 6.32. The molecule has 1 aromatic heterocycles. The molecule has 0 fully saturated rings. The zero-order valence-electron chi connectivity index (χ0n) is 11.2. The van der Waals surface area contributed by atoms with Crippen molar-refractivity contribution in [1.82, 2.24) is 4.98 Å². The van der Waals surface area contributed by atoms with E-state index < -0.39 is 0 Å². The third kappa shape index (κ3) is 3.46. The summed E-state index contributed by atoms with van der Waals surface area (Å²) < 4.78 is 0. The maximum absolute atomic E-state index is 6.32. The Morgan fingerprint density at radius 3 is 2.53 bits per heavy atom. The highest BCUT2D eigenvalue weighted by Gasteiger charge is 2.09. The number of anilines is 1. The van der Waals surface area contributed by atoms with Crippen molar-refractivity contribution in [3.63, 3.8) is 0 Å². The van der Waals surface area contributed by atoms with Crippen molar-refractivity contribution in [2.24, 2.45) is 5.73 Å². The Kier molecular flexibility index (Phi) is 4.40. The first kappa shape index (κ1) is 13.8. The summed E-state index contributed by atoms with van der Waals surface area (Å²) in [6.07, 6.45) is 3.59. The number of hydrogen-bond donors (Lipinski definition) is 1. The zero-order chi connectivity index (χ0) is 13.8. The Morgan fingerprint density at radius 1 is 1.26 bits per heavy atom. The van der Waals surface area contributed by atoms with E-state index in [9.17, 15) is 0 Å². The minimum absolute atomic E-state index is 0.00273. The maximum atomic E-state index is 6.32. The van der Waals surface area contributed by atoms with Gasteiger partial charge in [0.1, 0.15) is 0 Å². The van der Waals surface area contributed by atoms with Crippen molar-refractivity contribution in [1.29, 1.82) is 0 Å². The maximum Gasteiger partial charge on any atom is 0.0642 e. The van der Waals surface area contributed by atoms with E-state index in [1.807, 2.05) is 44.3 Å². The SMILES string of the molecule is CC(N)c1ccc(N(C)Cc2ccncc2)c(Cl)c1. The first-order chi connectivity index (χ1) is 9.08. The van der Waals surface area contributed by atoms with Crippen LogP contribution in [0.1, 0.15) is 24.1 Å². The van der Waals surface area contributed by atoms with Crippen LogP contribution in [0.15, 0.2) is 42.7 Å². The molecule has 0 aliphatic rings. The van der Waals surface area contributed by atoms with Crippen molar-refractivity contribution in [2.75, 3.05) is 11.9 Å². The molecule has 3 nitrogen and oxygen atoms in total. The Balaban J connectivity index is 2.17. The lowest BCUT2D eigenvalue weighted by atomic mass is 10.1. The van der Waals surface area contributed by atoms with Crippen LogP contribution in [0.5, 0.6) is 0 Å². The molecule has 100 valence electrons. The summed E-state index contributed by atoms with van der Waals surface area (Å²) in [7, 11) is 2.02. The number of aromatic nitrogens is 1. The standard InChI is InChI=1S/C15H18ClN3/c1-11(17)13-3-4-15(14(16)9-13)19(2)10-12-5-7-18-8-6-12/h3-9,11H,10,17H2,1-2H3. The molecule has 0 amide bonds. The number of rotatable bonds is 4. The molecule has 0 aliphatic heterocycles. The van der Waals surface area contributed by atoms with E-state index in [0.717, 1.165) is 22.8 Å². The van der Waals surface area contributed by atoms with Gasteiger partial charge in [0, 0.05) is 32.0 Å². The van der Waals surface area contributed by atoms with Crippen molar-refractivity contribution >= 4 is 17.3 Å². The number of nitrogens with two attached hydrogens (primary N) is 1. The lowest BCUT2D eigenvalue weighted by Crippen LogP contribution is -2.17. The van der Waals surface area contributed by atoms with Crippen LogP contribution in [0.4, 0.5) is 5.69 Å². The minimum atomic E-state index is -0.00273. The van der Waals surface area contributed by atoms with E-state index >= 15 is 0 Å². The molecule has 1 atom stereocenters. The monoisotopic (exact) mass is 275 g/mol. The molecule has 1 aromatic carbocycles. The van der Waals surface area contributed by atoms with Crippen LogP contribution in [0.25, 0.3) is 0 Å². The van der Waals surface area contributed by atoms with Gasteiger partial charge in [-0.1, -0.05) is 17.7 Å². The lowest BCUT2D eigenvalue weighted by molar-refractivity contribution is 0.817. The second-order valence-electron chi connectivity index (χ2n) is 4.71. The molecule has 2 rings (SSSR count). The smallest absolute Gasteiger partial charge is 0.0642 e. The average Bonchev–Trinajstić information content (AvgIpc) is 2.39. The first-order valence-electron chi connectivity index (χ1n) is 6.23. The number of nitrogens with zero attached hydrogens (tertiary/aromatic N) is 2. The number of halogens is 1. The molecule has 0 radical (unpaired) electrons. The van der Waals surface area contributed by atoms with Gasteiger partial charge in [0.05, 0.1) is 10.7 Å². The molecular formula is C15H18ClN3. The first-order valence-corrected chi connectivity index (χ1v) is 6.61. The van der Waals surface area contributed by atoms with Crippen LogP contribution in [0, 0.1) is 0 Å². The quantitative estimate of drug-likeness (QED) is 0.930. The van der Waals surface area contributed by atoms with Gasteiger partial charge in [-0.3, -0.25) is 4.98 Å². The van der Waals surface area contributed by atoms with Crippen LogP contribution in [-0.4, -0.2) is 12.0 Å². The van der Waals surface area contributed by atoms with Crippen LogP contribution in [-0.2, 0) is 6.54 Å². The van der Waals surface area contributed by atoms with E-state index in [-0.39, 0.29) is 6.04 Å². The fourth-order valence-electron chi connectivity index (χ4n) is 1.96. The fourth-order valence-corrected chi connectivity index (χ4v) is 2.30. The Morgan fingerprint density at radius 2 is 1.95 bits per heavy atom. The number of benzene rings is 1. The van der Waals surface area contributed by atoms with Gasteiger partial charge in [0.15, 0.2) is 0 Å². The molecular weight excluding hydrogens is 258 g/mol. The molecule has 19 heavy (non-hydrogen) atoms. The molecule has 4 heteroatoms.